The lowest BCUT2D eigenvalue weighted by Gasteiger charge is -2.30. The van der Waals surface area contributed by atoms with Gasteiger partial charge in [0.25, 0.3) is 5.91 Å². The normalized spacial score (nSPS) is 15.0. The van der Waals surface area contributed by atoms with Crippen LogP contribution in [-0.2, 0) is 6.18 Å². The summed E-state index contributed by atoms with van der Waals surface area (Å²) < 4.78 is 45.6. The van der Waals surface area contributed by atoms with Crippen LogP contribution in [0.5, 0.6) is 11.8 Å². The van der Waals surface area contributed by atoms with Gasteiger partial charge in [0.1, 0.15) is 17.0 Å². The third kappa shape index (κ3) is 4.02. The van der Waals surface area contributed by atoms with E-state index >= 15 is 0 Å². The summed E-state index contributed by atoms with van der Waals surface area (Å²) in [6, 6.07) is 4.67. The van der Waals surface area contributed by atoms with Crippen LogP contribution in [0.15, 0.2) is 30.5 Å². The molecule has 0 aliphatic carbocycles. The van der Waals surface area contributed by atoms with E-state index in [1.807, 2.05) is 4.90 Å². The van der Waals surface area contributed by atoms with Crippen LogP contribution in [0.25, 0.3) is 0 Å². The SMILES string of the molecule is NC(=O)c1ccnc(Oc2ccc(N3CCNCC3)cc2C(F)(F)F)n1. The molecule has 1 aromatic heterocycles. The zero-order chi connectivity index (χ0) is 18.7. The van der Waals surface area contributed by atoms with Crippen molar-refractivity contribution in [1.82, 2.24) is 15.3 Å². The van der Waals surface area contributed by atoms with Crippen LogP contribution >= 0.6 is 0 Å². The number of hydrogen-bond acceptors (Lipinski definition) is 6. The van der Waals surface area contributed by atoms with Crippen LogP contribution < -0.4 is 20.7 Å². The summed E-state index contributed by atoms with van der Waals surface area (Å²) >= 11 is 0. The number of halogens is 3. The number of carbonyl (C=O) groups excluding carboxylic acids is 1. The number of anilines is 1. The van der Waals surface area contributed by atoms with Crippen LogP contribution in [0.3, 0.4) is 0 Å². The Bertz CT molecular complexity index is 807. The molecule has 1 aliphatic rings. The van der Waals surface area contributed by atoms with Crippen molar-refractivity contribution in [1.29, 1.82) is 0 Å². The molecule has 0 saturated carbocycles. The van der Waals surface area contributed by atoms with Gasteiger partial charge in [-0.3, -0.25) is 4.79 Å². The van der Waals surface area contributed by atoms with Gasteiger partial charge in [-0.05, 0) is 24.3 Å². The lowest BCUT2D eigenvalue weighted by atomic mass is 10.1. The molecule has 10 heteroatoms. The van der Waals surface area contributed by atoms with Crippen molar-refractivity contribution in [3.63, 3.8) is 0 Å². The summed E-state index contributed by atoms with van der Waals surface area (Å²) in [4.78, 5) is 20.4. The second-order valence-electron chi connectivity index (χ2n) is 5.61. The Morgan fingerprint density at radius 1 is 1.23 bits per heavy atom. The predicted octanol–water partition coefficient (Wildman–Crippen LogP) is 1.80. The van der Waals surface area contributed by atoms with Crippen molar-refractivity contribution in [2.24, 2.45) is 5.73 Å². The fourth-order valence-corrected chi connectivity index (χ4v) is 2.57. The molecule has 3 N–H and O–H groups in total. The first-order valence-electron chi connectivity index (χ1n) is 7.82. The molecule has 3 rings (SSSR count). The van der Waals surface area contributed by atoms with Gasteiger partial charge >= 0.3 is 12.2 Å². The van der Waals surface area contributed by atoms with Crippen LogP contribution in [-0.4, -0.2) is 42.1 Å². The molecule has 1 aliphatic heterocycles. The number of piperazine rings is 1. The van der Waals surface area contributed by atoms with Crippen LogP contribution in [0.2, 0.25) is 0 Å². The maximum absolute atomic E-state index is 13.5. The zero-order valence-corrected chi connectivity index (χ0v) is 13.6. The number of rotatable bonds is 4. The minimum Gasteiger partial charge on any atom is -0.424 e. The van der Waals surface area contributed by atoms with Gasteiger partial charge in [-0.15, -0.1) is 0 Å². The van der Waals surface area contributed by atoms with E-state index in [9.17, 15) is 18.0 Å². The number of benzene rings is 1. The Kier molecular flexibility index (Phi) is 4.94. The molecule has 1 saturated heterocycles. The molecule has 1 amide bonds. The van der Waals surface area contributed by atoms with Crippen molar-refractivity contribution in [2.75, 3.05) is 31.1 Å². The standard InChI is InChI=1S/C16H16F3N5O2/c17-16(18,19)11-9-10(24-7-5-21-6-8-24)1-2-13(11)26-15-22-4-3-12(23-15)14(20)25/h1-4,9,21H,5-8H2,(H2,20,25). The highest BCUT2D eigenvalue weighted by molar-refractivity contribution is 5.90. The van der Waals surface area contributed by atoms with Crippen molar-refractivity contribution in [3.05, 3.63) is 41.7 Å². The molecule has 1 fully saturated rings. The van der Waals surface area contributed by atoms with Crippen molar-refractivity contribution in [2.45, 2.75) is 6.18 Å². The number of aromatic nitrogens is 2. The highest BCUT2D eigenvalue weighted by atomic mass is 19.4. The monoisotopic (exact) mass is 367 g/mol. The van der Waals surface area contributed by atoms with Gasteiger partial charge in [0.15, 0.2) is 0 Å². The summed E-state index contributed by atoms with van der Waals surface area (Å²) in [6.07, 6.45) is -3.44. The molecule has 0 spiro atoms. The smallest absolute Gasteiger partial charge is 0.420 e. The number of hydrogen-bond donors (Lipinski definition) is 2. The van der Waals surface area contributed by atoms with Gasteiger partial charge in [-0.2, -0.15) is 18.2 Å². The van der Waals surface area contributed by atoms with Crippen molar-refractivity contribution in [3.8, 4) is 11.8 Å². The fraction of sp³-hybridized carbons (Fsp3) is 0.312. The summed E-state index contributed by atoms with van der Waals surface area (Å²) in [6.45, 7) is 2.63. The first kappa shape index (κ1) is 17.9. The number of carbonyl (C=O) groups is 1. The van der Waals surface area contributed by atoms with Gasteiger partial charge in [0.05, 0.1) is 0 Å². The van der Waals surface area contributed by atoms with Gasteiger partial charge < -0.3 is 20.7 Å². The zero-order valence-electron chi connectivity index (χ0n) is 13.6. The van der Waals surface area contributed by atoms with E-state index in [2.05, 4.69) is 15.3 Å². The van der Waals surface area contributed by atoms with Crippen LogP contribution in [0, 0.1) is 0 Å². The Morgan fingerprint density at radius 2 is 1.96 bits per heavy atom. The number of nitrogens with two attached hydrogens (primary N) is 1. The van der Waals surface area contributed by atoms with E-state index in [0.717, 1.165) is 6.07 Å². The topological polar surface area (TPSA) is 93.4 Å². The molecule has 0 atom stereocenters. The average Bonchev–Trinajstić information content (AvgIpc) is 2.62. The molecule has 0 bridgehead atoms. The van der Waals surface area contributed by atoms with E-state index in [0.29, 0.717) is 31.9 Å². The number of nitrogens with zero attached hydrogens (tertiary/aromatic N) is 3. The Labute approximate surface area is 147 Å². The Hall–Kier alpha value is -2.88. The second kappa shape index (κ2) is 7.16. The molecule has 2 heterocycles. The summed E-state index contributed by atoms with van der Waals surface area (Å²) in [5.74, 6) is -1.28. The first-order valence-corrected chi connectivity index (χ1v) is 7.82. The van der Waals surface area contributed by atoms with Crippen LogP contribution in [0.4, 0.5) is 18.9 Å². The third-order valence-corrected chi connectivity index (χ3v) is 3.84. The first-order chi connectivity index (χ1) is 12.3. The van der Waals surface area contributed by atoms with E-state index in [1.54, 1.807) is 6.07 Å². The number of primary amides is 1. The number of alkyl halides is 3. The summed E-state index contributed by atoms with van der Waals surface area (Å²) in [5.41, 5.74) is 4.46. The maximum Gasteiger partial charge on any atom is 0.420 e. The molecule has 0 radical (unpaired) electrons. The van der Waals surface area contributed by atoms with Crippen LogP contribution in [0.1, 0.15) is 16.1 Å². The second-order valence-corrected chi connectivity index (χ2v) is 5.61. The molecule has 2 aromatic rings. The Morgan fingerprint density at radius 3 is 2.62 bits per heavy atom. The largest absolute Gasteiger partial charge is 0.424 e. The van der Waals surface area contributed by atoms with E-state index in [4.69, 9.17) is 10.5 Å². The van der Waals surface area contributed by atoms with Gasteiger partial charge in [-0.25, -0.2) is 4.98 Å². The molecular weight excluding hydrogens is 351 g/mol. The van der Waals surface area contributed by atoms with Crippen molar-refractivity contribution >= 4 is 11.6 Å². The lowest BCUT2D eigenvalue weighted by molar-refractivity contribution is -0.138. The number of amides is 1. The number of nitrogens with one attached hydrogen (secondary N) is 1. The highest BCUT2D eigenvalue weighted by Gasteiger charge is 2.35. The van der Waals surface area contributed by atoms with E-state index in [-0.39, 0.29) is 11.7 Å². The molecule has 26 heavy (non-hydrogen) atoms. The fourth-order valence-electron chi connectivity index (χ4n) is 2.57. The van der Waals surface area contributed by atoms with E-state index in [1.165, 1.54) is 18.3 Å². The van der Waals surface area contributed by atoms with E-state index < -0.39 is 23.4 Å². The summed E-state index contributed by atoms with van der Waals surface area (Å²) in [7, 11) is 0. The van der Waals surface area contributed by atoms with Gasteiger partial charge in [0, 0.05) is 38.1 Å². The van der Waals surface area contributed by atoms with Gasteiger partial charge in [0.2, 0.25) is 0 Å². The molecular formula is C16H16F3N5O2. The Balaban J connectivity index is 1.93. The highest BCUT2D eigenvalue weighted by Crippen LogP contribution is 2.39. The molecule has 0 unspecified atom stereocenters. The minimum atomic E-state index is -4.62. The predicted molar refractivity (Wildman–Crippen MR) is 87.2 cm³/mol. The lowest BCUT2D eigenvalue weighted by Crippen LogP contribution is -2.43. The molecule has 1 aromatic carbocycles. The third-order valence-electron chi connectivity index (χ3n) is 3.84. The molecule has 7 nitrogen and oxygen atoms in total. The van der Waals surface area contributed by atoms with Crippen molar-refractivity contribution < 1.29 is 22.7 Å². The maximum atomic E-state index is 13.5. The minimum absolute atomic E-state index is 0.152. The quantitative estimate of drug-likeness (QED) is 0.856. The summed E-state index contributed by atoms with van der Waals surface area (Å²) in [5, 5.41) is 3.14. The number of ether oxygens (including phenoxy) is 1. The molecule has 138 valence electrons. The van der Waals surface area contributed by atoms with Gasteiger partial charge in [-0.1, -0.05) is 0 Å². The average molecular weight is 367 g/mol.